The molecule has 1 N–H and O–H groups in total. The molecule has 0 radical (unpaired) electrons. The summed E-state index contributed by atoms with van der Waals surface area (Å²) >= 11 is 0. The molecule has 0 aromatic heterocycles. The van der Waals surface area contributed by atoms with Crippen molar-refractivity contribution in [3.8, 4) is 0 Å². The highest BCUT2D eigenvalue weighted by molar-refractivity contribution is 6.05. The van der Waals surface area contributed by atoms with Gasteiger partial charge in [-0.2, -0.15) is 0 Å². The number of rotatable bonds is 1. The minimum atomic E-state index is -0.852. The molecule has 0 atom stereocenters. The largest absolute Gasteiger partial charge is 0.468 e. The lowest BCUT2D eigenvalue weighted by Crippen LogP contribution is -2.32. The van der Waals surface area contributed by atoms with Crippen LogP contribution in [0.15, 0.2) is 35.3 Å². The number of methoxy groups -OCH3 is 2. The van der Waals surface area contributed by atoms with Crippen molar-refractivity contribution >= 4 is 18.0 Å². The smallest absolute Gasteiger partial charge is 0.437 e. The molecule has 0 aliphatic rings. The van der Waals surface area contributed by atoms with Crippen molar-refractivity contribution in [1.29, 1.82) is 0 Å². The van der Waals surface area contributed by atoms with Gasteiger partial charge in [0.1, 0.15) is 0 Å². The molecule has 0 aliphatic carbocycles. The van der Waals surface area contributed by atoms with E-state index in [9.17, 15) is 9.59 Å². The number of hydrogen-bond acceptors (Lipinski definition) is 4. The lowest BCUT2D eigenvalue weighted by atomic mass is 10.2. The second kappa shape index (κ2) is 6.26. The summed E-state index contributed by atoms with van der Waals surface area (Å²) in [6, 6.07) is 8.26. The molecule has 1 aromatic carbocycles. The van der Waals surface area contributed by atoms with Crippen LogP contribution in [-0.2, 0) is 9.47 Å². The van der Waals surface area contributed by atoms with Gasteiger partial charge < -0.3 is 9.47 Å². The van der Waals surface area contributed by atoms with Gasteiger partial charge in [-0.05, 0) is 12.1 Å². The third-order valence-electron chi connectivity index (χ3n) is 1.82. The molecule has 0 saturated heterocycles. The van der Waals surface area contributed by atoms with Crippen molar-refractivity contribution < 1.29 is 19.1 Å². The van der Waals surface area contributed by atoms with Gasteiger partial charge in [-0.15, -0.1) is 4.99 Å². The summed E-state index contributed by atoms with van der Waals surface area (Å²) in [5.41, 5.74) is 0.433. The SMILES string of the molecule is COC(=O)N=C(NC(=O)c1ccccc1)OC. The molecule has 6 heteroatoms. The van der Waals surface area contributed by atoms with Crippen LogP contribution in [-0.4, -0.2) is 32.2 Å². The first kappa shape index (κ1) is 12.7. The predicted molar refractivity (Wildman–Crippen MR) is 60.8 cm³/mol. The minimum absolute atomic E-state index is 0.217. The maximum Gasteiger partial charge on any atom is 0.437 e. The Kier molecular flexibility index (Phi) is 4.68. The monoisotopic (exact) mass is 236 g/mol. The molecule has 17 heavy (non-hydrogen) atoms. The molecule has 0 spiro atoms. The Hall–Kier alpha value is -2.37. The van der Waals surface area contributed by atoms with Crippen LogP contribution in [0.4, 0.5) is 4.79 Å². The number of aliphatic imine (C=N–C) groups is 1. The number of carbonyl (C=O) groups is 2. The molecule has 0 heterocycles. The Labute approximate surface area is 98.3 Å². The average molecular weight is 236 g/mol. The number of nitrogens with one attached hydrogen (secondary N) is 1. The van der Waals surface area contributed by atoms with E-state index in [1.54, 1.807) is 30.3 Å². The van der Waals surface area contributed by atoms with E-state index in [2.05, 4.69) is 15.0 Å². The fourth-order valence-electron chi connectivity index (χ4n) is 1.01. The Morgan fingerprint density at radius 3 is 2.29 bits per heavy atom. The second-order valence-corrected chi connectivity index (χ2v) is 2.91. The molecule has 0 unspecified atom stereocenters. The normalized spacial score (nSPS) is 10.6. The van der Waals surface area contributed by atoms with Gasteiger partial charge in [-0.1, -0.05) is 18.2 Å². The third-order valence-corrected chi connectivity index (χ3v) is 1.82. The molecule has 0 saturated carbocycles. The van der Waals surface area contributed by atoms with Crippen LogP contribution < -0.4 is 5.32 Å². The van der Waals surface area contributed by atoms with E-state index in [0.717, 1.165) is 0 Å². The van der Waals surface area contributed by atoms with E-state index in [4.69, 9.17) is 4.74 Å². The van der Waals surface area contributed by atoms with Crippen LogP contribution in [0.5, 0.6) is 0 Å². The van der Waals surface area contributed by atoms with E-state index in [0.29, 0.717) is 5.56 Å². The summed E-state index contributed by atoms with van der Waals surface area (Å²) in [4.78, 5) is 25.9. The fraction of sp³-hybridized carbons (Fsp3) is 0.182. The first-order valence-corrected chi connectivity index (χ1v) is 4.74. The summed E-state index contributed by atoms with van der Waals surface area (Å²) in [7, 11) is 2.46. The van der Waals surface area contributed by atoms with Crippen molar-refractivity contribution in [1.82, 2.24) is 5.32 Å². The van der Waals surface area contributed by atoms with Crippen molar-refractivity contribution in [3.63, 3.8) is 0 Å². The number of benzene rings is 1. The molecular weight excluding hydrogens is 224 g/mol. The zero-order chi connectivity index (χ0) is 12.7. The first-order valence-electron chi connectivity index (χ1n) is 4.74. The minimum Gasteiger partial charge on any atom is -0.468 e. The number of hydrogen-bond donors (Lipinski definition) is 1. The van der Waals surface area contributed by atoms with Crippen LogP contribution in [0.3, 0.4) is 0 Å². The number of nitrogens with zero attached hydrogens (tertiary/aromatic N) is 1. The average Bonchev–Trinajstić information content (AvgIpc) is 2.38. The molecule has 0 bridgehead atoms. The highest BCUT2D eigenvalue weighted by atomic mass is 16.5. The van der Waals surface area contributed by atoms with Gasteiger partial charge in [0.05, 0.1) is 14.2 Å². The summed E-state index contributed by atoms with van der Waals surface area (Å²) in [6.45, 7) is 0. The Morgan fingerprint density at radius 1 is 1.12 bits per heavy atom. The van der Waals surface area contributed by atoms with Crippen LogP contribution in [0, 0.1) is 0 Å². The molecule has 1 rings (SSSR count). The number of amidine groups is 1. The van der Waals surface area contributed by atoms with Gasteiger partial charge in [0.2, 0.25) is 0 Å². The number of amides is 2. The standard InChI is InChI=1S/C11H12N2O4/c1-16-10(13-11(15)17-2)12-9(14)8-6-4-3-5-7-8/h3-7H,1-2H3,(H,12,13,14,15). The summed E-state index contributed by atoms with van der Waals surface area (Å²) < 4.78 is 9.04. The van der Waals surface area contributed by atoms with E-state index in [1.807, 2.05) is 0 Å². The van der Waals surface area contributed by atoms with E-state index in [1.165, 1.54) is 14.2 Å². The predicted octanol–water partition coefficient (Wildman–Crippen LogP) is 1.19. The maximum atomic E-state index is 11.7. The fourth-order valence-corrected chi connectivity index (χ4v) is 1.01. The van der Waals surface area contributed by atoms with Gasteiger partial charge in [0, 0.05) is 5.56 Å². The van der Waals surface area contributed by atoms with Crippen molar-refractivity contribution in [2.45, 2.75) is 0 Å². The topological polar surface area (TPSA) is 77.0 Å². The zero-order valence-corrected chi connectivity index (χ0v) is 9.47. The van der Waals surface area contributed by atoms with Crippen molar-refractivity contribution in [2.75, 3.05) is 14.2 Å². The molecular formula is C11H12N2O4. The van der Waals surface area contributed by atoms with Crippen LogP contribution in [0.1, 0.15) is 10.4 Å². The van der Waals surface area contributed by atoms with Gasteiger partial charge >= 0.3 is 12.1 Å². The van der Waals surface area contributed by atoms with Crippen LogP contribution in [0.25, 0.3) is 0 Å². The van der Waals surface area contributed by atoms with Crippen LogP contribution in [0.2, 0.25) is 0 Å². The van der Waals surface area contributed by atoms with Crippen molar-refractivity contribution in [3.05, 3.63) is 35.9 Å². The molecule has 0 aliphatic heterocycles. The molecule has 90 valence electrons. The lowest BCUT2D eigenvalue weighted by molar-refractivity contribution is 0.0968. The Bertz CT molecular complexity index is 428. The van der Waals surface area contributed by atoms with Gasteiger partial charge in [0.15, 0.2) is 0 Å². The summed E-state index contributed by atoms with van der Waals surface area (Å²) in [5, 5.41) is 2.34. The Balaban J connectivity index is 2.73. The highest BCUT2D eigenvalue weighted by Gasteiger charge is 2.10. The van der Waals surface area contributed by atoms with Crippen molar-refractivity contribution in [2.24, 2.45) is 4.99 Å². The lowest BCUT2D eigenvalue weighted by Gasteiger charge is -2.06. The zero-order valence-electron chi connectivity index (χ0n) is 9.47. The Morgan fingerprint density at radius 2 is 1.76 bits per heavy atom. The molecule has 6 nitrogen and oxygen atoms in total. The van der Waals surface area contributed by atoms with Crippen LogP contribution >= 0.6 is 0 Å². The highest BCUT2D eigenvalue weighted by Crippen LogP contribution is 1.98. The van der Waals surface area contributed by atoms with E-state index < -0.39 is 12.0 Å². The quantitative estimate of drug-likeness (QED) is 0.586. The number of ether oxygens (including phenoxy) is 2. The second-order valence-electron chi connectivity index (χ2n) is 2.91. The van der Waals surface area contributed by atoms with Gasteiger partial charge in [-0.25, -0.2) is 4.79 Å². The summed E-state index contributed by atoms with van der Waals surface area (Å²) in [5.74, 6) is -0.421. The molecule has 1 aromatic rings. The molecule has 2 amide bonds. The maximum absolute atomic E-state index is 11.7. The number of carbonyl (C=O) groups excluding carboxylic acids is 2. The first-order chi connectivity index (χ1) is 8.17. The molecule has 0 fully saturated rings. The van der Waals surface area contributed by atoms with E-state index >= 15 is 0 Å². The van der Waals surface area contributed by atoms with Gasteiger partial charge in [0.25, 0.3) is 5.91 Å². The van der Waals surface area contributed by atoms with E-state index in [-0.39, 0.29) is 6.02 Å². The third kappa shape index (κ3) is 3.94. The van der Waals surface area contributed by atoms with Gasteiger partial charge in [-0.3, -0.25) is 10.1 Å². The summed E-state index contributed by atoms with van der Waals surface area (Å²) in [6.07, 6.45) is -0.852.